The zero-order chi connectivity index (χ0) is 44.0. The fourth-order valence-electron chi connectivity index (χ4n) is 9.97. The van der Waals surface area contributed by atoms with Crippen molar-refractivity contribution in [2.75, 3.05) is 10.2 Å². The smallest absolute Gasteiger partial charge is 0.170 e. The number of amidine groups is 2. The average molecular weight is 848 g/mol. The van der Waals surface area contributed by atoms with Crippen LogP contribution < -0.4 is 15.5 Å². The van der Waals surface area contributed by atoms with Crippen LogP contribution in [0.15, 0.2) is 241 Å². The van der Waals surface area contributed by atoms with Crippen molar-refractivity contribution in [3.63, 3.8) is 0 Å². The monoisotopic (exact) mass is 847 g/mol. The Bertz CT molecular complexity index is 3510. The van der Waals surface area contributed by atoms with Crippen LogP contribution in [0, 0.1) is 0 Å². The van der Waals surface area contributed by atoms with Gasteiger partial charge < -0.3 is 15.5 Å². The molecule has 0 aliphatic carbocycles. The van der Waals surface area contributed by atoms with Gasteiger partial charge in [-0.1, -0.05) is 206 Å². The number of fused-ring (bicyclic) bond motifs is 3. The minimum absolute atomic E-state index is 0.0595. The Morgan fingerprint density at radius 1 is 0.394 bits per heavy atom. The Hall–Kier alpha value is -8.54. The minimum atomic E-state index is -0.508. The van der Waals surface area contributed by atoms with Crippen LogP contribution in [0.1, 0.15) is 29.8 Å². The summed E-state index contributed by atoms with van der Waals surface area (Å²) >= 11 is 0. The molecule has 66 heavy (non-hydrogen) atoms. The molecule has 314 valence electrons. The maximum atomic E-state index is 5.48. The van der Waals surface area contributed by atoms with Crippen molar-refractivity contribution in [2.24, 2.45) is 9.98 Å². The van der Waals surface area contributed by atoms with Gasteiger partial charge in [-0.2, -0.15) is 0 Å². The second-order valence-electron chi connectivity index (χ2n) is 17.0. The first kappa shape index (κ1) is 39.1. The van der Waals surface area contributed by atoms with Gasteiger partial charge >= 0.3 is 0 Å². The number of aliphatic imine (C=N–C) groups is 2. The van der Waals surface area contributed by atoms with E-state index >= 15 is 0 Å². The van der Waals surface area contributed by atoms with Crippen molar-refractivity contribution in [3.8, 4) is 44.5 Å². The molecule has 0 saturated heterocycles. The summed E-state index contributed by atoms with van der Waals surface area (Å²) < 4.78 is 0. The molecule has 0 aromatic heterocycles. The van der Waals surface area contributed by atoms with Crippen LogP contribution >= 0.6 is 0 Å². The molecule has 12 rings (SSSR count). The molecule has 0 spiro atoms. The zero-order valence-electron chi connectivity index (χ0n) is 36.4. The van der Waals surface area contributed by atoms with Gasteiger partial charge in [-0.15, -0.1) is 0 Å². The van der Waals surface area contributed by atoms with Gasteiger partial charge in [0.05, 0.1) is 11.4 Å². The summed E-state index contributed by atoms with van der Waals surface area (Å²) in [6.45, 7) is 2.23. The molecule has 0 radical (unpaired) electrons. The Morgan fingerprint density at radius 3 is 1.77 bits per heavy atom. The summed E-state index contributed by atoms with van der Waals surface area (Å²) in [6, 6.07) is 82.3. The second kappa shape index (κ2) is 16.5. The Balaban J connectivity index is 0.931. The lowest BCUT2D eigenvalue weighted by atomic mass is 9.90. The first-order valence-corrected chi connectivity index (χ1v) is 22.7. The number of rotatable bonds is 8. The van der Waals surface area contributed by atoms with Crippen LogP contribution in [0.25, 0.3) is 66.1 Å². The van der Waals surface area contributed by atoms with Crippen LogP contribution in [0.3, 0.4) is 0 Å². The number of hydrogen-bond acceptors (Lipinski definition) is 5. The van der Waals surface area contributed by atoms with Gasteiger partial charge in [-0.3, -0.25) is 0 Å². The number of nitrogens with one attached hydrogen (secondary N) is 2. The van der Waals surface area contributed by atoms with Gasteiger partial charge in [0.15, 0.2) is 6.17 Å². The summed E-state index contributed by atoms with van der Waals surface area (Å²) in [5.41, 5.74) is 15.8. The average Bonchev–Trinajstić information content (AvgIpc) is 3.73. The quantitative estimate of drug-likeness (QED) is 0.160. The summed E-state index contributed by atoms with van der Waals surface area (Å²) in [7, 11) is 0. The lowest BCUT2D eigenvalue weighted by molar-refractivity contribution is 0.758. The van der Waals surface area contributed by atoms with Crippen molar-refractivity contribution in [3.05, 3.63) is 247 Å². The normalized spacial score (nSPS) is 15.4. The Kier molecular flexibility index (Phi) is 9.80. The third kappa shape index (κ3) is 6.98. The maximum absolute atomic E-state index is 5.48. The Morgan fingerprint density at radius 2 is 0.955 bits per heavy atom. The highest BCUT2D eigenvalue weighted by atomic mass is 15.3. The number of nitrogens with zero attached hydrogens (tertiary/aromatic N) is 3. The minimum Gasteiger partial charge on any atom is -0.363 e. The van der Waals surface area contributed by atoms with Crippen molar-refractivity contribution in [1.82, 2.24) is 5.32 Å². The second-order valence-corrected chi connectivity index (χ2v) is 17.0. The van der Waals surface area contributed by atoms with Gasteiger partial charge in [-0.25, -0.2) is 9.98 Å². The predicted octanol–water partition coefficient (Wildman–Crippen LogP) is 15.1. The van der Waals surface area contributed by atoms with Gasteiger partial charge in [0.2, 0.25) is 0 Å². The van der Waals surface area contributed by atoms with E-state index < -0.39 is 6.17 Å². The van der Waals surface area contributed by atoms with Crippen LogP contribution in [-0.4, -0.2) is 17.8 Å². The fraction of sp³-hybridized carbons (Fsp3) is 0.0492. The zero-order valence-corrected chi connectivity index (χ0v) is 36.4. The lowest BCUT2D eigenvalue weighted by Gasteiger charge is -2.26. The van der Waals surface area contributed by atoms with Gasteiger partial charge in [0.25, 0.3) is 0 Å². The molecule has 5 heteroatoms. The molecular weight excluding hydrogens is 803 g/mol. The standard InChI is InChI=1S/C61H45N5/c1-40-62-57-39-45(48-33-17-23-42-20-8-9-26-47(42)48)34-37-58(57)66(40)46-25-16-24-44(38-46)49-27-10-11-28-51(49)53-30-14-15-32-55(53)60-63-59(43-21-6-3-7-22-43)64-61(65-60)56-36-35-50(41-18-4-2-5-19-41)52-29-12-13-31-54(52)56/h2-40,60,62H,1H3,(H,63,64,65). The van der Waals surface area contributed by atoms with E-state index in [1.165, 1.54) is 38.4 Å². The fourth-order valence-corrected chi connectivity index (χ4v) is 9.97. The SMILES string of the molecule is CC1Nc2cc(-c3cccc4ccccc34)ccc2N1c1cccc(-c2ccccc2-c2ccccc2C2N=C(c3ccccc3)NC(c3ccc(-c4ccccc4)c4ccccc34)=N2)c1. The molecule has 0 bridgehead atoms. The van der Waals surface area contributed by atoms with Crippen molar-refractivity contribution < 1.29 is 0 Å². The molecule has 2 heterocycles. The molecule has 0 amide bonds. The molecule has 2 unspecified atom stereocenters. The third-order valence-corrected chi connectivity index (χ3v) is 13.1. The van der Waals surface area contributed by atoms with Crippen LogP contribution in [-0.2, 0) is 0 Å². The summed E-state index contributed by atoms with van der Waals surface area (Å²) in [5, 5.41) is 12.3. The number of benzene rings is 10. The van der Waals surface area contributed by atoms with Gasteiger partial charge in [0.1, 0.15) is 17.8 Å². The first-order chi connectivity index (χ1) is 32.6. The van der Waals surface area contributed by atoms with E-state index in [9.17, 15) is 0 Å². The highest BCUT2D eigenvalue weighted by Crippen LogP contribution is 2.45. The summed E-state index contributed by atoms with van der Waals surface area (Å²) in [6.07, 6.45) is -0.448. The molecule has 10 aromatic carbocycles. The van der Waals surface area contributed by atoms with Gasteiger partial charge in [0, 0.05) is 22.4 Å². The third-order valence-electron chi connectivity index (χ3n) is 13.1. The molecular formula is C61H45N5. The van der Waals surface area contributed by atoms with Crippen molar-refractivity contribution in [2.45, 2.75) is 19.3 Å². The molecule has 0 fully saturated rings. The van der Waals surface area contributed by atoms with Crippen LogP contribution in [0.2, 0.25) is 0 Å². The van der Waals surface area contributed by atoms with E-state index in [4.69, 9.17) is 9.98 Å². The lowest BCUT2D eigenvalue weighted by Crippen LogP contribution is -2.36. The molecule has 2 aliphatic heterocycles. The van der Waals surface area contributed by atoms with Crippen LogP contribution in [0.4, 0.5) is 17.1 Å². The highest BCUT2D eigenvalue weighted by Gasteiger charge is 2.29. The number of hydrogen-bond donors (Lipinski definition) is 2. The topological polar surface area (TPSA) is 52.0 Å². The van der Waals surface area contributed by atoms with E-state index in [0.717, 1.165) is 73.1 Å². The van der Waals surface area contributed by atoms with E-state index in [-0.39, 0.29) is 6.17 Å². The van der Waals surface area contributed by atoms with Crippen LogP contribution in [0.5, 0.6) is 0 Å². The largest absolute Gasteiger partial charge is 0.363 e. The van der Waals surface area contributed by atoms with E-state index in [0.29, 0.717) is 0 Å². The summed E-state index contributed by atoms with van der Waals surface area (Å²) in [4.78, 5) is 13.3. The first-order valence-electron chi connectivity index (χ1n) is 22.7. The molecule has 0 saturated carbocycles. The summed E-state index contributed by atoms with van der Waals surface area (Å²) in [5.74, 6) is 1.58. The highest BCUT2D eigenvalue weighted by molar-refractivity contribution is 6.21. The van der Waals surface area contributed by atoms with E-state index in [1.54, 1.807) is 0 Å². The number of anilines is 3. The molecule has 5 nitrogen and oxygen atoms in total. The molecule has 2 atom stereocenters. The maximum Gasteiger partial charge on any atom is 0.170 e. The predicted molar refractivity (Wildman–Crippen MR) is 277 cm³/mol. The Labute approximate surface area is 385 Å². The molecule has 2 aliphatic rings. The van der Waals surface area contributed by atoms with Gasteiger partial charge in [-0.05, 0) is 97.2 Å². The van der Waals surface area contributed by atoms with Crippen molar-refractivity contribution in [1.29, 1.82) is 0 Å². The van der Waals surface area contributed by atoms with Crippen molar-refractivity contribution >= 4 is 50.3 Å². The van der Waals surface area contributed by atoms with E-state index in [2.05, 4.69) is 247 Å². The molecule has 2 N–H and O–H groups in total. The molecule has 10 aromatic rings. The van der Waals surface area contributed by atoms with E-state index in [1.807, 2.05) is 6.07 Å².